The SMILES string of the molecule is CC(C)N1CCN(Cc2ccc(-c3c[c]c(-c4cncc(-c5cccc(CN6CCN(C)CC6)c5)c4)nc3)cc2)CC1. The summed E-state index contributed by atoms with van der Waals surface area (Å²) in [5.41, 5.74) is 9.05. The Kier molecular flexibility index (Phi) is 9.06. The van der Waals surface area contributed by atoms with Crippen molar-refractivity contribution in [3.63, 3.8) is 0 Å². The summed E-state index contributed by atoms with van der Waals surface area (Å²) >= 11 is 0. The Hall–Kier alpha value is -3.42. The molecule has 6 rings (SSSR count). The minimum absolute atomic E-state index is 0.637. The molecule has 1 radical (unpaired) electrons. The van der Waals surface area contributed by atoms with Crippen LogP contribution in [0.3, 0.4) is 0 Å². The number of rotatable bonds is 8. The fraction of sp³-hybridized carbons (Fsp3) is 0.389. The van der Waals surface area contributed by atoms with Crippen LogP contribution in [0.1, 0.15) is 25.0 Å². The molecule has 42 heavy (non-hydrogen) atoms. The van der Waals surface area contributed by atoms with Gasteiger partial charge in [0, 0.05) is 113 Å². The van der Waals surface area contributed by atoms with Crippen LogP contribution >= 0.6 is 0 Å². The molecule has 0 atom stereocenters. The second-order valence-electron chi connectivity index (χ2n) is 12.2. The van der Waals surface area contributed by atoms with E-state index in [1.54, 1.807) is 0 Å². The zero-order valence-corrected chi connectivity index (χ0v) is 25.3. The van der Waals surface area contributed by atoms with E-state index in [-0.39, 0.29) is 0 Å². The van der Waals surface area contributed by atoms with Crippen molar-refractivity contribution >= 4 is 0 Å². The molecule has 0 aliphatic carbocycles. The van der Waals surface area contributed by atoms with Gasteiger partial charge in [0.25, 0.3) is 0 Å². The normalized spacial score (nSPS) is 17.6. The quantitative estimate of drug-likeness (QED) is 0.282. The van der Waals surface area contributed by atoms with Gasteiger partial charge in [-0.25, -0.2) is 0 Å². The van der Waals surface area contributed by atoms with Crippen molar-refractivity contribution in [2.75, 3.05) is 59.4 Å². The summed E-state index contributed by atoms with van der Waals surface area (Å²) in [5.74, 6) is 0. The first kappa shape index (κ1) is 28.7. The van der Waals surface area contributed by atoms with E-state index in [0.29, 0.717) is 6.04 Å². The Bertz CT molecular complexity index is 1430. The highest BCUT2D eigenvalue weighted by atomic mass is 15.3. The van der Waals surface area contributed by atoms with Gasteiger partial charge in [-0.15, -0.1) is 0 Å². The van der Waals surface area contributed by atoms with Gasteiger partial charge in [-0.1, -0.05) is 42.5 Å². The van der Waals surface area contributed by atoms with E-state index in [4.69, 9.17) is 4.98 Å². The maximum absolute atomic E-state index is 4.78. The van der Waals surface area contributed by atoms with Gasteiger partial charge in [0.15, 0.2) is 0 Å². The summed E-state index contributed by atoms with van der Waals surface area (Å²) in [5, 5.41) is 0. The number of piperazine rings is 2. The van der Waals surface area contributed by atoms with Crippen molar-refractivity contribution in [3.05, 3.63) is 96.4 Å². The van der Waals surface area contributed by atoms with Gasteiger partial charge in [-0.3, -0.25) is 24.7 Å². The number of pyridine rings is 2. The van der Waals surface area contributed by atoms with Gasteiger partial charge in [0.2, 0.25) is 0 Å². The van der Waals surface area contributed by atoms with Gasteiger partial charge >= 0.3 is 0 Å². The van der Waals surface area contributed by atoms with E-state index in [1.807, 2.05) is 24.7 Å². The third-order valence-corrected chi connectivity index (χ3v) is 8.80. The average Bonchev–Trinajstić information content (AvgIpc) is 3.03. The fourth-order valence-electron chi connectivity index (χ4n) is 6.01. The van der Waals surface area contributed by atoms with Crippen LogP contribution in [0.4, 0.5) is 0 Å². The topological polar surface area (TPSA) is 38.7 Å². The Morgan fingerprint density at radius 1 is 0.667 bits per heavy atom. The molecule has 2 aliphatic heterocycles. The van der Waals surface area contributed by atoms with Gasteiger partial charge < -0.3 is 4.90 Å². The van der Waals surface area contributed by atoms with Crippen LogP contribution in [0.5, 0.6) is 0 Å². The number of aromatic nitrogens is 2. The third-order valence-electron chi connectivity index (χ3n) is 8.80. The summed E-state index contributed by atoms with van der Waals surface area (Å²) in [4.78, 5) is 19.4. The second-order valence-corrected chi connectivity index (χ2v) is 12.2. The summed E-state index contributed by atoms with van der Waals surface area (Å²) in [6.45, 7) is 15.7. The second kappa shape index (κ2) is 13.3. The van der Waals surface area contributed by atoms with E-state index >= 15 is 0 Å². The van der Waals surface area contributed by atoms with E-state index in [2.05, 4.69) is 106 Å². The lowest BCUT2D eigenvalue weighted by atomic mass is 10.0. The molecule has 0 N–H and O–H groups in total. The minimum atomic E-state index is 0.637. The van der Waals surface area contributed by atoms with E-state index in [1.165, 1.54) is 22.3 Å². The van der Waals surface area contributed by atoms with Crippen LogP contribution in [0, 0.1) is 6.07 Å². The monoisotopic (exact) mass is 559 g/mol. The Labute approximate surface area is 251 Å². The molecule has 0 bridgehead atoms. The van der Waals surface area contributed by atoms with E-state index in [0.717, 1.165) is 87.8 Å². The van der Waals surface area contributed by atoms with Crippen molar-refractivity contribution < 1.29 is 0 Å². The average molecular weight is 560 g/mol. The molecule has 0 saturated carbocycles. The first-order valence-electron chi connectivity index (χ1n) is 15.4. The molecule has 217 valence electrons. The molecule has 4 aromatic rings. The molecular weight excluding hydrogens is 516 g/mol. The van der Waals surface area contributed by atoms with Crippen LogP contribution in [0.2, 0.25) is 0 Å². The van der Waals surface area contributed by atoms with Crippen LogP contribution in [-0.2, 0) is 13.1 Å². The molecular formula is C36H43N6. The van der Waals surface area contributed by atoms with Gasteiger partial charge in [-0.2, -0.15) is 0 Å². The molecule has 2 saturated heterocycles. The molecule has 0 spiro atoms. The van der Waals surface area contributed by atoms with Crippen molar-refractivity contribution in [2.45, 2.75) is 33.0 Å². The predicted molar refractivity (Wildman–Crippen MR) is 172 cm³/mol. The Balaban J connectivity index is 1.09. The molecule has 2 fully saturated rings. The summed E-state index contributed by atoms with van der Waals surface area (Å²) in [6.07, 6.45) is 5.78. The lowest BCUT2D eigenvalue weighted by molar-refractivity contribution is 0.104. The maximum Gasteiger partial charge on any atom is 0.0797 e. The smallest absolute Gasteiger partial charge is 0.0797 e. The molecule has 6 heteroatoms. The van der Waals surface area contributed by atoms with Crippen LogP contribution < -0.4 is 0 Å². The predicted octanol–water partition coefficient (Wildman–Crippen LogP) is 5.55. The number of benzene rings is 2. The lowest BCUT2D eigenvalue weighted by Gasteiger charge is -2.36. The fourth-order valence-corrected chi connectivity index (χ4v) is 6.01. The highest BCUT2D eigenvalue weighted by molar-refractivity contribution is 5.71. The van der Waals surface area contributed by atoms with Crippen LogP contribution in [0.25, 0.3) is 33.5 Å². The Morgan fingerprint density at radius 3 is 2.05 bits per heavy atom. The number of hydrogen-bond donors (Lipinski definition) is 0. The molecule has 0 amide bonds. The number of hydrogen-bond acceptors (Lipinski definition) is 6. The lowest BCUT2D eigenvalue weighted by Crippen LogP contribution is -2.48. The van der Waals surface area contributed by atoms with E-state index in [9.17, 15) is 0 Å². The summed E-state index contributed by atoms with van der Waals surface area (Å²) in [7, 11) is 2.20. The summed E-state index contributed by atoms with van der Waals surface area (Å²) in [6, 6.07) is 26.1. The highest BCUT2D eigenvalue weighted by Crippen LogP contribution is 2.27. The highest BCUT2D eigenvalue weighted by Gasteiger charge is 2.19. The standard InChI is InChI=1S/C36H43N6/c1-28(2)42-19-17-41(18-20-42)26-29-7-9-31(10-8-29)33-11-12-36(38-25-33)35-22-34(23-37-24-35)32-6-4-5-30(21-32)27-40-15-13-39(3)14-16-40/h4-11,21-25,28H,13-20,26-27H2,1-3H3. The van der Waals surface area contributed by atoms with Crippen molar-refractivity contribution in [2.24, 2.45) is 0 Å². The molecule has 2 aromatic carbocycles. The van der Waals surface area contributed by atoms with Crippen molar-refractivity contribution in [1.29, 1.82) is 0 Å². The maximum atomic E-state index is 4.78. The van der Waals surface area contributed by atoms with Crippen LogP contribution in [-0.4, -0.2) is 95.0 Å². The first-order chi connectivity index (χ1) is 20.5. The van der Waals surface area contributed by atoms with Gasteiger partial charge in [0.05, 0.1) is 5.69 Å². The van der Waals surface area contributed by atoms with E-state index < -0.39 is 0 Å². The largest absolute Gasteiger partial charge is 0.304 e. The van der Waals surface area contributed by atoms with Gasteiger partial charge in [0.1, 0.15) is 0 Å². The molecule has 2 aromatic heterocycles. The molecule has 4 heterocycles. The van der Waals surface area contributed by atoms with Crippen molar-refractivity contribution in [1.82, 2.24) is 29.6 Å². The molecule has 2 aliphatic rings. The number of likely N-dealkylation sites (N-methyl/N-ethyl adjacent to an activating group) is 1. The summed E-state index contributed by atoms with van der Waals surface area (Å²) < 4.78 is 0. The number of nitrogens with zero attached hydrogens (tertiary/aromatic N) is 6. The zero-order chi connectivity index (χ0) is 28.9. The molecule has 6 nitrogen and oxygen atoms in total. The molecule has 0 unspecified atom stereocenters. The van der Waals surface area contributed by atoms with Gasteiger partial charge in [-0.05, 0) is 61.3 Å². The van der Waals surface area contributed by atoms with Crippen LogP contribution in [0.15, 0.2) is 79.3 Å². The van der Waals surface area contributed by atoms with Crippen molar-refractivity contribution in [3.8, 4) is 33.5 Å². The zero-order valence-electron chi connectivity index (χ0n) is 25.3. The third kappa shape index (κ3) is 7.13. The first-order valence-corrected chi connectivity index (χ1v) is 15.4. The Morgan fingerprint density at radius 2 is 1.36 bits per heavy atom. The minimum Gasteiger partial charge on any atom is -0.304 e.